The number of pyridine rings is 1. The lowest BCUT2D eigenvalue weighted by Gasteiger charge is -2.38. The second-order valence-corrected chi connectivity index (χ2v) is 5.73. The average Bonchev–Trinajstić information content (AvgIpc) is 2.63. The summed E-state index contributed by atoms with van der Waals surface area (Å²) in [4.78, 5) is 4.10. The van der Waals surface area contributed by atoms with Crippen molar-refractivity contribution in [3.63, 3.8) is 0 Å². The Morgan fingerprint density at radius 3 is 1.84 bits per heavy atom. The number of nitrogens with zero attached hydrogens (tertiary/aromatic N) is 1. The Balaban J connectivity index is 2.29. The number of benzene rings is 2. The lowest BCUT2D eigenvalue weighted by Crippen LogP contribution is -2.48. The number of hydrogen-bond acceptors (Lipinski definition) is 2. The van der Waals surface area contributed by atoms with Crippen LogP contribution in [0.25, 0.3) is 0 Å². The van der Waals surface area contributed by atoms with Gasteiger partial charge in [-0.2, -0.15) is 13.2 Å². The summed E-state index contributed by atoms with van der Waals surface area (Å²) in [6.07, 6.45) is -3.47. The predicted molar refractivity (Wildman–Crippen MR) is 88.9 cm³/mol. The van der Waals surface area contributed by atoms with Crippen molar-refractivity contribution in [1.82, 2.24) is 4.98 Å². The summed E-state index contributed by atoms with van der Waals surface area (Å²) in [6.45, 7) is 0. The average molecular weight is 343 g/mol. The van der Waals surface area contributed by atoms with Gasteiger partial charge in [-0.05, 0) is 23.3 Å². The second-order valence-electron chi connectivity index (χ2n) is 5.73. The van der Waals surface area contributed by atoms with Crippen LogP contribution < -0.4 is 0 Å². The maximum absolute atomic E-state index is 14.1. The Hall–Kier alpha value is -2.66. The molecular weight excluding hydrogens is 327 g/mol. The van der Waals surface area contributed by atoms with E-state index in [1.165, 1.54) is 36.5 Å². The van der Waals surface area contributed by atoms with E-state index in [-0.39, 0.29) is 11.3 Å². The molecule has 0 saturated carbocycles. The molecule has 2 aromatic carbocycles. The van der Waals surface area contributed by atoms with Crippen molar-refractivity contribution in [1.29, 1.82) is 0 Å². The van der Waals surface area contributed by atoms with Crippen LogP contribution in [0.2, 0.25) is 0 Å². The number of alkyl halides is 3. The van der Waals surface area contributed by atoms with Crippen LogP contribution in [0.1, 0.15) is 22.7 Å². The number of hydrogen-bond donors (Lipinski definition) is 1. The highest BCUT2D eigenvalue weighted by atomic mass is 19.4. The van der Waals surface area contributed by atoms with E-state index in [0.717, 1.165) is 0 Å². The third-order valence-corrected chi connectivity index (χ3v) is 4.18. The van der Waals surface area contributed by atoms with E-state index in [4.69, 9.17) is 0 Å². The van der Waals surface area contributed by atoms with Crippen molar-refractivity contribution in [2.24, 2.45) is 0 Å². The SMILES string of the molecule is O[C@](c1ccccc1)([C@H](c1ccccc1)c1ccccn1)C(F)(F)F. The topological polar surface area (TPSA) is 33.1 Å². The summed E-state index contributed by atoms with van der Waals surface area (Å²) in [5.74, 6) is -1.39. The van der Waals surface area contributed by atoms with Gasteiger partial charge in [0.1, 0.15) is 0 Å². The highest BCUT2D eigenvalue weighted by molar-refractivity contribution is 5.39. The molecule has 1 aromatic heterocycles. The molecule has 0 saturated heterocycles. The Morgan fingerprint density at radius 2 is 1.32 bits per heavy atom. The lowest BCUT2D eigenvalue weighted by molar-refractivity contribution is -0.272. The van der Waals surface area contributed by atoms with Crippen molar-refractivity contribution >= 4 is 0 Å². The van der Waals surface area contributed by atoms with Gasteiger partial charge in [0.05, 0.1) is 11.6 Å². The number of aliphatic hydroxyl groups is 1. The molecule has 0 fully saturated rings. The van der Waals surface area contributed by atoms with Gasteiger partial charge >= 0.3 is 6.18 Å². The van der Waals surface area contributed by atoms with Crippen LogP contribution in [0.15, 0.2) is 85.1 Å². The molecule has 128 valence electrons. The molecule has 0 aliphatic heterocycles. The predicted octanol–water partition coefficient (Wildman–Crippen LogP) is 4.66. The van der Waals surface area contributed by atoms with Crippen LogP contribution in [-0.4, -0.2) is 16.3 Å². The Morgan fingerprint density at radius 1 is 0.760 bits per heavy atom. The van der Waals surface area contributed by atoms with Crippen molar-refractivity contribution in [3.8, 4) is 0 Å². The van der Waals surface area contributed by atoms with Gasteiger partial charge in [0, 0.05) is 6.20 Å². The molecule has 3 aromatic rings. The quantitative estimate of drug-likeness (QED) is 0.747. The lowest BCUT2D eigenvalue weighted by atomic mass is 9.74. The van der Waals surface area contributed by atoms with E-state index >= 15 is 0 Å². The third kappa shape index (κ3) is 3.15. The smallest absolute Gasteiger partial charge is 0.376 e. The Labute approximate surface area is 143 Å². The molecule has 0 bridgehead atoms. The van der Waals surface area contributed by atoms with Crippen molar-refractivity contribution in [2.75, 3.05) is 0 Å². The normalized spacial score (nSPS) is 15.4. The molecule has 0 radical (unpaired) electrons. The van der Waals surface area contributed by atoms with Crippen LogP contribution in [0, 0.1) is 0 Å². The number of rotatable bonds is 4. The summed E-state index contributed by atoms with van der Waals surface area (Å²) >= 11 is 0. The van der Waals surface area contributed by atoms with Gasteiger partial charge in [0.15, 0.2) is 5.60 Å². The summed E-state index contributed by atoms with van der Waals surface area (Å²) in [5.41, 5.74) is -2.84. The highest BCUT2D eigenvalue weighted by Gasteiger charge is 2.60. The standard InChI is InChI=1S/C20H16F3NO/c21-20(22,23)19(25,16-11-5-2-6-12-16)18(15-9-3-1-4-10-15)17-13-7-8-14-24-17/h1-14,18,25H/t18-,19-/m1/s1. The minimum atomic E-state index is -4.90. The summed E-state index contributed by atoms with van der Waals surface area (Å²) in [6, 6.07) is 20.0. The van der Waals surface area contributed by atoms with E-state index in [2.05, 4.69) is 4.98 Å². The maximum atomic E-state index is 14.1. The molecule has 2 nitrogen and oxygen atoms in total. The fourth-order valence-electron chi connectivity index (χ4n) is 3.00. The van der Waals surface area contributed by atoms with Crippen LogP contribution in [0.4, 0.5) is 13.2 Å². The molecule has 5 heteroatoms. The minimum Gasteiger partial charge on any atom is -0.376 e. The van der Waals surface area contributed by atoms with Crippen LogP contribution in [-0.2, 0) is 5.60 Å². The summed E-state index contributed by atoms with van der Waals surface area (Å²) < 4.78 is 42.4. The first-order valence-electron chi connectivity index (χ1n) is 7.75. The zero-order chi connectivity index (χ0) is 17.9. The van der Waals surface area contributed by atoms with E-state index in [1.807, 2.05) is 0 Å². The van der Waals surface area contributed by atoms with Gasteiger partial charge in [-0.3, -0.25) is 4.98 Å². The molecule has 1 N–H and O–H groups in total. The second kappa shape index (κ2) is 6.69. The van der Waals surface area contributed by atoms with Gasteiger partial charge in [-0.15, -0.1) is 0 Å². The zero-order valence-electron chi connectivity index (χ0n) is 13.2. The van der Waals surface area contributed by atoms with Gasteiger partial charge in [-0.25, -0.2) is 0 Å². The van der Waals surface area contributed by atoms with Gasteiger partial charge in [-0.1, -0.05) is 66.7 Å². The first-order chi connectivity index (χ1) is 11.9. The summed E-state index contributed by atoms with van der Waals surface area (Å²) in [7, 11) is 0. The van der Waals surface area contributed by atoms with E-state index < -0.39 is 17.7 Å². The number of halogens is 3. The molecule has 1 heterocycles. The first kappa shape index (κ1) is 17.2. The largest absolute Gasteiger partial charge is 0.422 e. The minimum absolute atomic E-state index is 0.150. The highest BCUT2D eigenvalue weighted by Crippen LogP contribution is 2.50. The van der Waals surface area contributed by atoms with E-state index in [1.54, 1.807) is 48.5 Å². The maximum Gasteiger partial charge on any atom is 0.422 e. The molecule has 0 spiro atoms. The summed E-state index contributed by atoms with van der Waals surface area (Å²) in [5, 5.41) is 11.0. The molecule has 0 amide bonds. The molecular formula is C20H16F3NO. The third-order valence-electron chi connectivity index (χ3n) is 4.18. The van der Waals surface area contributed by atoms with Crippen LogP contribution in [0.3, 0.4) is 0 Å². The van der Waals surface area contributed by atoms with Crippen molar-refractivity contribution in [2.45, 2.75) is 17.7 Å². The molecule has 0 unspecified atom stereocenters. The van der Waals surface area contributed by atoms with Crippen molar-refractivity contribution < 1.29 is 18.3 Å². The molecule has 25 heavy (non-hydrogen) atoms. The monoisotopic (exact) mass is 343 g/mol. The fraction of sp³-hybridized carbons (Fsp3) is 0.150. The Kier molecular flexibility index (Phi) is 4.59. The van der Waals surface area contributed by atoms with Gasteiger partial charge < -0.3 is 5.11 Å². The molecule has 0 aliphatic rings. The van der Waals surface area contributed by atoms with Crippen LogP contribution in [0.5, 0.6) is 0 Å². The Bertz CT molecular complexity index is 767. The van der Waals surface area contributed by atoms with Gasteiger partial charge in [0.25, 0.3) is 0 Å². The molecule has 3 rings (SSSR count). The van der Waals surface area contributed by atoms with E-state index in [9.17, 15) is 18.3 Å². The first-order valence-corrected chi connectivity index (χ1v) is 7.75. The van der Waals surface area contributed by atoms with Crippen LogP contribution >= 0.6 is 0 Å². The number of aromatic nitrogens is 1. The van der Waals surface area contributed by atoms with Gasteiger partial charge in [0.2, 0.25) is 0 Å². The fourth-order valence-corrected chi connectivity index (χ4v) is 3.00. The zero-order valence-corrected chi connectivity index (χ0v) is 13.2. The molecule has 0 aliphatic carbocycles. The van der Waals surface area contributed by atoms with E-state index in [0.29, 0.717) is 5.56 Å². The molecule has 2 atom stereocenters. The van der Waals surface area contributed by atoms with Crippen molar-refractivity contribution in [3.05, 3.63) is 102 Å².